The highest BCUT2D eigenvalue weighted by Gasteiger charge is 2.29. The zero-order chi connectivity index (χ0) is 16.6. The largest absolute Gasteiger partial charge is 0.333 e. The molecule has 114 valence electrons. The Bertz CT molecular complexity index is 855. The fourth-order valence-electron chi connectivity index (χ4n) is 2.53. The van der Waals surface area contributed by atoms with E-state index in [9.17, 15) is 14.4 Å². The molecule has 1 aliphatic rings. The number of carbonyl (C=O) groups excluding carboxylic acids is 3. The summed E-state index contributed by atoms with van der Waals surface area (Å²) in [4.78, 5) is 37.2. The van der Waals surface area contributed by atoms with Gasteiger partial charge in [0.15, 0.2) is 11.6 Å². The molecule has 0 bridgehead atoms. The quantitative estimate of drug-likeness (QED) is 0.569. The van der Waals surface area contributed by atoms with Crippen LogP contribution in [0, 0.1) is 0 Å². The van der Waals surface area contributed by atoms with Crippen LogP contribution in [0.15, 0.2) is 55.1 Å². The molecule has 2 aromatic rings. The second kappa shape index (κ2) is 5.62. The number of ketones is 2. The van der Waals surface area contributed by atoms with Gasteiger partial charge < -0.3 is 11.1 Å². The van der Waals surface area contributed by atoms with Crippen molar-refractivity contribution in [2.45, 2.75) is 6.17 Å². The first-order chi connectivity index (χ1) is 11.0. The predicted molar refractivity (Wildman–Crippen MR) is 85.4 cm³/mol. The lowest BCUT2D eigenvalue weighted by molar-refractivity contribution is 0.0943. The normalized spacial score (nSPS) is 13.8. The molecule has 0 spiro atoms. The van der Waals surface area contributed by atoms with Crippen molar-refractivity contribution in [3.8, 4) is 0 Å². The number of hydrogen-bond donors (Lipinski definition) is 2. The van der Waals surface area contributed by atoms with Gasteiger partial charge in [0.2, 0.25) is 0 Å². The summed E-state index contributed by atoms with van der Waals surface area (Å²) in [6, 6.07) is 11.1. The standard InChI is InChI=1S/C18H14N2O3/c1-2-15(19)20-18(23)10-7-8-13-14(9-10)17(22)12-6-4-3-5-11(12)16(13)21/h2-9,15H,1,19H2,(H,20,23). The van der Waals surface area contributed by atoms with Gasteiger partial charge in [-0.25, -0.2) is 0 Å². The molecule has 0 heterocycles. The van der Waals surface area contributed by atoms with E-state index in [2.05, 4.69) is 11.9 Å². The molecule has 0 saturated carbocycles. The summed E-state index contributed by atoms with van der Waals surface area (Å²) < 4.78 is 0. The molecule has 3 rings (SSSR count). The van der Waals surface area contributed by atoms with Crippen molar-refractivity contribution in [1.29, 1.82) is 0 Å². The van der Waals surface area contributed by atoms with Crippen LogP contribution in [0.4, 0.5) is 0 Å². The van der Waals surface area contributed by atoms with Crippen LogP contribution in [0.2, 0.25) is 0 Å². The van der Waals surface area contributed by atoms with Crippen LogP contribution in [-0.4, -0.2) is 23.6 Å². The van der Waals surface area contributed by atoms with E-state index in [0.717, 1.165) is 0 Å². The molecular weight excluding hydrogens is 292 g/mol. The van der Waals surface area contributed by atoms with Crippen LogP contribution in [0.25, 0.3) is 0 Å². The van der Waals surface area contributed by atoms with Crippen LogP contribution in [0.3, 0.4) is 0 Å². The summed E-state index contributed by atoms with van der Waals surface area (Å²) >= 11 is 0. The Hall–Kier alpha value is -3.05. The molecule has 1 unspecified atom stereocenters. The topological polar surface area (TPSA) is 89.3 Å². The second-order valence-corrected chi connectivity index (χ2v) is 5.20. The van der Waals surface area contributed by atoms with Gasteiger partial charge >= 0.3 is 0 Å². The number of carbonyl (C=O) groups is 3. The lowest BCUT2D eigenvalue weighted by Gasteiger charge is -2.18. The number of nitrogens with two attached hydrogens (primary N) is 1. The van der Waals surface area contributed by atoms with Crippen LogP contribution >= 0.6 is 0 Å². The maximum Gasteiger partial charge on any atom is 0.252 e. The molecule has 0 aromatic heterocycles. The Kier molecular flexibility index (Phi) is 3.64. The summed E-state index contributed by atoms with van der Waals surface area (Å²) in [6.07, 6.45) is 0.706. The minimum atomic E-state index is -0.684. The lowest BCUT2D eigenvalue weighted by Crippen LogP contribution is -2.39. The smallest absolute Gasteiger partial charge is 0.252 e. The molecular formula is C18H14N2O3. The number of benzene rings is 2. The summed E-state index contributed by atoms with van der Waals surface area (Å²) in [7, 11) is 0. The van der Waals surface area contributed by atoms with E-state index < -0.39 is 12.1 Å². The van der Waals surface area contributed by atoms with Crippen LogP contribution in [0.5, 0.6) is 0 Å². The fraction of sp³-hybridized carbons (Fsp3) is 0.0556. The molecule has 1 amide bonds. The van der Waals surface area contributed by atoms with Crippen molar-refractivity contribution < 1.29 is 14.4 Å². The molecule has 0 aliphatic heterocycles. The van der Waals surface area contributed by atoms with Crippen molar-refractivity contribution >= 4 is 17.5 Å². The highest BCUT2D eigenvalue weighted by molar-refractivity contribution is 6.28. The zero-order valence-corrected chi connectivity index (χ0v) is 12.2. The van der Waals surface area contributed by atoms with Gasteiger partial charge in [-0.1, -0.05) is 36.9 Å². The number of nitrogens with one attached hydrogen (secondary N) is 1. The number of rotatable bonds is 3. The van der Waals surface area contributed by atoms with Gasteiger partial charge in [0, 0.05) is 27.8 Å². The van der Waals surface area contributed by atoms with Gasteiger partial charge in [0.25, 0.3) is 5.91 Å². The molecule has 5 nitrogen and oxygen atoms in total. The molecule has 3 N–H and O–H groups in total. The van der Waals surface area contributed by atoms with Gasteiger partial charge in [-0.2, -0.15) is 0 Å². The summed E-state index contributed by atoms with van der Waals surface area (Å²) in [5.41, 5.74) is 7.13. The van der Waals surface area contributed by atoms with Crippen LogP contribution < -0.4 is 11.1 Å². The van der Waals surface area contributed by atoms with Gasteiger partial charge in [-0.15, -0.1) is 0 Å². The Morgan fingerprint density at radius 1 is 1.00 bits per heavy atom. The Morgan fingerprint density at radius 2 is 1.57 bits per heavy atom. The van der Waals surface area contributed by atoms with Gasteiger partial charge in [-0.05, 0) is 18.2 Å². The lowest BCUT2D eigenvalue weighted by atomic mass is 9.83. The first-order valence-electron chi connectivity index (χ1n) is 7.04. The van der Waals surface area contributed by atoms with Gasteiger partial charge in [0.05, 0.1) is 6.17 Å². The summed E-state index contributed by atoms with van der Waals surface area (Å²) in [6.45, 7) is 3.49. The summed E-state index contributed by atoms with van der Waals surface area (Å²) in [5, 5.41) is 2.52. The third kappa shape index (κ3) is 2.47. The van der Waals surface area contributed by atoms with Crippen molar-refractivity contribution in [3.63, 3.8) is 0 Å². The summed E-state index contributed by atoms with van der Waals surface area (Å²) in [5.74, 6) is -0.915. The molecule has 1 atom stereocenters. The van der Waals surface area contributed by atoms with E-state index in [1.807, 2.05) is 0 Å². The monoisotopic (exact) mass is 306 g/mol. The molecule has 2 aromatic carbocycles. The van der Waals surface area contributed by atoms with Crippen molar-refractivity contribution in [1.82, 2.24) is 5.32 Å². The zero-order valence-electron chi connectivity index (χ0n) is 12.2. The molecule has 0 radical (unpaired) electrons. The molecule has 1 aliphatic carbocycles. The van der Waals surface area contributed by atoms with Crippen molar-refractivity contribution in [2.75, 3.05) is 0 Å². The van der Waals surface area contributed by atoms with Gasteiger partial charge in [-0.3, -0.25) is 14.4 Å². The SMILES string of the molecule is C=CC(N)NC(=O)c1ccc2c(c1)C(=O)c1ccccc1C2=O. The molecule has 5 heteroatoms. The van der Waals surface area contributed by atoms with Crippen molar-refractivity contribution in [2.24, 2.45) is 5.73 Å². The fourth-order valence-corrected chi connectivity index (χ4v) is 2.53. The number of amides is 1. The molecule has 0 saturated heterocycles. The van der Waals surface area contributed by atoms with Crippen LogP contribution in [-0.2, 0) is 0 Å². The Balaban J connectivity index is 2.04. The van der Waals surface area contributed by atoms with E-state index in [-0.39, 0.29) is 22.7 Å². The predicted octanol–water partition coefficient (Wildman–Crippen LogP) is 1.66. The Labute approximate surface area is 132 Å². The molecule has 0 fully saturated rings. The highest BCUT2D eigenvalue weighted by atomic mass is 16.2. The third-order valence-electron chi connectivity index (χ3n) is 3.74. The second-order valence-electron chi connectivity index (χ2n) is 5.20. The maximum atomic E-state index is 12.6. The highest BCUT2D eigenvalue weighted by Crippen LogP contribution is 2.27. The third-order valence-corrected chi connectivity index (χ3v) is 3.74. The van der Waals surface area contributed by atoms with E-state index in [1.54, 1.807) is 24.3 Å². The number of hydrogen-bond acceptors (Lipinski definition) is 4. The van der Waals surface area contributed by atoms with E-state index in [1.165, 1.54) is 24.3 Å². The minimum Gasteiger partial charge on any atom is -0.333 e. The first kappa shape index (κ1) is 14.9. The average molecular weight is 306 g/mol. The average Bonchev–Trinajstić information content (AvgIpc) is 2.59. The van der Waals surface area contributed by atoms with Crippen molar-refractivity contribution in [3.05, 3.63) is 82.9 Å². The minimum absolute atomic E-state index is 0.218. The van der Waals surface area contributed by atoms with Crippen LogP contribution in [0.1, 0.15) is 42.2 Å². The van der Waals surface area contributed by atoms with E-state index >= 15 is 0 Å². The number of fused-ring (bicyclic) bond motifs is 2. The van der Waals surface area contributed by atoms with Gasteiger partial charge in [0.1, 0.15) is 0 Å². The maximum absolute atomic E-state index is 12.6. The molecule has 23 heavy (non-hydrogen) atoms. The Morgan fingerprint density at radius 3 is 2.17 bits per heavy atom. The van der Waals surface area contributed by atoms with E-state index in [4.69, 9.17) is 5.73 Å². The first-order valence-corrected chi connectivity index (χ1v) is 7.04. The van der Waals surface area contributed by atoms with E-state index in [0.29, 0.717) is 16.7 Å².